The predicted molar refractivity (Wildman–Crippen MR) is 132 cm³/mol. The highest BCUT2D eigenvalue weighted by molar-refractivity contribution is 14.1. The van der Waals surface area contributed by atoms with Gasteiger partial charge in [-0.15, -0.1) is 0 Å². The maximum absolute atomic E-state index is 13.1. The summed E-state index contributed by atoms with van der Waals surface area (Å²) in [4.78, 5) is 27.5. The molecule has 2 amide bonds. The number of nitrogens with zero attached hydrogens (tertiary/aromatic N) is 1. The standard InChI is InChI=1S/C23H25Cl2IN2O3/c1-15(23(30)27-19-4-2-3-5-19)28(13-16-6-7-17(24)12-21(16)25)22(29)14-31-20-10-8-18(26)9-11-20/h6-12,15,19H,2-5,13-14H2,1H3,(H,27,30)/t15-/m0/s1. The molecule has 0 aliphatic heterocycles. The Morgan fingerprint density at radius 3 is 2.48 bits per heavy atom. The van der Waals surface area contributed by atoms with E-state index in [1.807, 2.05) is 24.3 Å². The lowest BCUT2D eigenvalue weighted by Gasteiger charge is -2.30. The third-order valence-electron chi connectivity index (χ3n) is 5.40. The average molecular weight is 575 g/mol. The predicted octanol–water partition coefficient (Wildman–Crippen LogP) is 5.45. The first kappa shape index (κ1) is 24.1. The minimum atomic E-state index is -0.667. The number of hydrogen-bond donors (Lipinski definition) is 1. The molecule has 1 atom stereocenters. The van der Waals surface area contributed by atoms with Crippen molar-refractivity contribution in [2.24, 2.45) is 0 Å². The van der Waals surface area contributed by atoms with Crippen LogP contribution in [0.1, 0.15) is 38.2 Å². The van der Waals surface area contributed by atoms with Crippen LogP contribution in [0.3, 0.4) is 0 Å². The molecule has 8 heteroatoms. The molecule has 0 unspecified atom stereocenters. The first-order valence-electron chi connectivity index (χ1n) is 10.3. The summed E-state index contributed by atoms with van der Waals surface area (Å²) in [6.07, 6.45) is 4.19. The van der Waals surface area contributed by atoms with Crippen LogP contribution in [0.5, 0.6) is 5.75 Å². The Bertz CT molecular complexity index is 918. The van der Waals surface area contributed by atoms with Gasteiger partial charge >= 0.3 is 0 Å². The molecule has 1 N–H and O–H groups in total. The van der Waals surface area contributed by atoms with Gasteiger partial charge in [0.05, 0.1) is 0 Å². The van der Waals surface area contributed by atoms with Crippen molar-refractivity contribution in [2.45, 2.75) is 51.2 Å². The van der Waals surface area contributed by atoms with Gasteiger partial charge in [0, 0.05) is 26.2 Å². The lowest BCUT2D eigenvalue weighted by Crippen LogP contribution is -2.50. The molecule has 3 rings (SSSR count). The van der Waals surface area contributed by atoms with Crippen LogP contribution in [-0.2, 0) is 16.1 Å². The van der Waals surface area contributed by atoms with Gasteiger partial charge in [0.2, 0.25) is 5.91 Å². The van der Waals surface area contributed by atoms with Gasteiger partial charge in [0.25, 0.3) is 5.91 Å². The van der Waals surface area contributed by atoms with E-state index in [0.717, 1.165) is 29.3 Å². The number of nitrogens with one attached hydrogen (secondary N) is 1. The minimum Gasteiger partial charge on any atom is -0.484 e. The van der Waals surface area contributed by atoms with Crippen LogP contribution >= 0.6 is 45.8 Å². The summed E-state index contributed by atoms with van der Waals surface area (Å²) in [7, 11) is 0. The molecule has 2 aromatic carbocycles. The molecular weight excluding hydrogens is 550 g/mol. The molecule has 31 heavy (non-hydrogen) atoms. The lowest BCUT2D eigenvalue weighted by molar-refractivity contribution is -0.142. The van der Waals surface area contributed by atoms with Gasteiger partial charge in [0.15, 0.2) is 6.61 Å². The molecule has 0 bridgehead atoms. The van der Waals surface area contributed by atoms with Crippen molar-refractivity contribution in [3.8, 4) is 5.75 Å². The third-order valence-corrected chi connectivity index (χ3v) is 6.71. The van der Waals surface area contributed by atoms with Gasteiger partial charge in [-0.25, -0.2) is 0 Å². The normalized spacial score (nSPS) is 14.8. The van der Waals surface area contributed by atoms with Crippen molar-refractivity contribution in [3.63, 3.8) is 0 Å². The lowest BCUT2D eigenvalue weighted by atomic mass is 10.1. The molecule has 0 radical (unpaired) electrons. The molecule has 1 fully saturated rings. The molecule has 1 aliphatic rings. The SMILES string of the molecule is C[C@@H](C(=O)NC1CCCC1)N(Cc1ccc(Cl)cc1Cl)C(=O)COc1ccc(I)cc1. The number of amides is 2. The van der Waals surface area contributed by atoms with Crippen LogP contribution in [0.25, 0.3) is 0 Å². The summed E-state index contributed by atoms with van der Waals surface area (Å²) in [6.45, 7) is 1.74. The Hall–Kier alpha value is -1.51. The number of carbonyl (C=O) groups is 2. The van der Waals surface area contributed by atoms with E-state index in [0.29, 0.717) is 21.4 Å². The fourth-order valence-corrected chi connectivity index (χ4v) is 4.39. The van der Waals surface area contributed by atoms with E-state index < -0.39 is 6.04 Å². The highest BCUT2D eigenvalue weighted by Crippen LogP contribution is 2.24. The van der Waals surface area contributed by atoms with E-state index in [-0.39, 0.29) is 31.0 Å². The second kappa shape index (κ2) is 11.4. The van der Waals surface area contributed by atoms with Gasteiger partial charge in [-0.05, 0) is 84.3 Å². The van der Waals surface area contributed by atoms with E-state index in [1.165, 1.54) is 4.90 Å². The topological polar surface area (TPSA) is 58.6 Å². The van der Waals surface area contributed by atoms with Crippen LogP contribution in [0.2, 0.25) is 10.0 Å². The molecule has 2 aromatic rings. The van der Waals surface area contributed by atoms with Gasteiger partial charge in [-0.2, -0.15) is 0 Å². The molecule has 1 saturated carbocycles. The Morgan fingerprint density at radius 1 is 1.16 bits per heavy atom. The molecule has 0 aromatic heterocycles. The van der Waals surface area contributed by atoms with Gasteiger partial charge in [-0.1, -0.05) is 42.1 Å². The van der Waals surface area contributed by atoms with Gasteiger partial charge in [-0.3, -0.25) is 9.59 Å². The van der Waals surface area contributed by atoms with Crippen molar-refractivity contribution in [1.29, 1.82) is 0 Å². The molecule has 0 spiro atoms. The molecule has 0 saturated heterocycles. The summed E-state index contributed by atoms with van der Waals surface area (Å²) in [5.41, 5.74) is 0.717. The van der Waals surface area contributed by atoms with Crippen molar-refractivity contribution in [1.82, 2.24) is 10.2 Å². The van der Waals surface area contributed by atoms with Crippen LogP contribution < -0.4 is 10.1 Å². The van der Waals surface area contributed by atoms with Crippen LogP contribution in [-0.4, -0.2) is 35.4 Å². The molecule has 166 valence electrons. The quantitative estimate of drug-likeness (QED) is 0.426. The van der Waals surface area contributed by atoms with E-state index in [1.54, 1.807) is 25.1 Å². The van der Waals surface area contributed by atoms with Gasteiger partial charge < -0.3 is 15.0 Å². The van der Waals surface area contributed by atoms with E-state index in [4.69, 9.17) is 27.9 Å². The number of carbonyl (C=O) groups excluding carboxylic acids is 2. The Morgan fingerprint density at radius 2 is 1.84 bits per heavy atom. The molecule has 1 aliphatic carbocycles. The molecular formula is C23H25Cl2IN2O3. The molecule has 5 nitrogen and oxygen atoms in total. The van der Waals surface area contributed by atoms with E-state index in [9.17, 15) is 9.59 Å². The van der Waals surface area contributed by atoms with E-state index in [2.05, 4.69) is 27.9 Å². The van der Waals surface area contributed by atoms with E-state index >= 15 is 0 Å². The fourth-order valence-electron chi connectivity index (χ4n) is 3.57. The van der Waals surface area contributed by atoms with Crippen molar-refractivity contribution >= 4 is 57.6 Å². The number of halogens is 3. The Balaban J connectivity index is 1.73. The molecule has 0 heterocycles. The van der Waals surface area contributed by atoms with Crippen molar-refractivity contribution in [2.75, 3.05) is 6.61 Å². The van der Waals surface area contributed by atoms with Crippen LogP contribution in [0.4, 0.5) is 0 Å². The Kier molecular flexibility index (Phi) is 8.86. The summed E-state index contributed by atoms with van der Waals surface area (Å²) in [5.74, 6) is 0.138. The maximum Gasteiger partial charge on any atom is 0.261 e. The summed E-state index contributed by atoms with van der Waals surface area (Å²) < 4.78 is 6.75. The summed E-state index contributed by atoms with van der Waals surface area (Å²) >= 11 is 14.5. The van der Waals surface area contributed by atoms with Crippen molar-refractivity contribution in [3.05, 3.63) is 61.6 Å². The highest BCUT2D eigenvalue weighted by atomic mass is 127. The third kappa shape index (κ3) is 6.99. The number of benzene rings is 2. The first-order chi connectivity index (χ1) is 14.8. The zero-order valence-corrected chi connectivity index (χ0v) is 20.9. The monoisotopic (exact) mass is 574 g/mol. The summed E-state index contributed by atoms with van der Waals surface area (Å²) in [5, 5.41) is 4.04. The second-order valence-corrected chi connectivity index (χ2v) is 9.76. The minimum absolute atomic E-state index is 0.167. The average Bonchev–Trinajstić information content (AvgIpc) is 3.25. The Labute approximate surface area is 206 Å². The maximum atomic E-state index is 13.1. The van der Waals surface area contributed by atoms with Crippen LogP contribution in [0.15, 0.2) is 42.5 Å². The fraction of sp³-hybridized carbons (Fsp3) is 0.391. The smallest absolute Gasteiger partial charge is 0.261 e. The zero-order valence-electron chi connectivity index (χ0n) is 17.2. The highest BCUT2D eigenvalue weighted by Gasteiger charge is 2.29. The first-order valence-corrected chi connectivity index (χ1v) is 12.1. The van der Waals surface area contributed by atoms with Crippen molar-refractivity contribution < 1.29 is 14.3 Å². The largest absolute Gasteiger partial charge is 0.484 e. The number of hydrogen-bond acceptors (Lipinski definition) is 3. The van der Waals surface area contributed by atoms with Crippen LogP contribution in [0, 0.1) is 3.57 Å². The second-order valence-electron chi connectivity index (χ2n) is 7.67. The number of rotatable bonds is 8. The summed E-state index contributed by atoms with van der Waals surface area (Å²) in [6, 6.07) is 12.1. The zero-order chi connectivity index (χ0) is 22.4. The van der Waals surface area contributed by atoms with Gasteiger partial charge in [0.1, 0.15) is 11.8 Å². The number of ether oxygens (including phenoxy) is 1.